The van der Waals surface area contributed by atoms with E-state index in [9.17, 15) is 14.7 Å². The fourth-order valence-corrected chi connectivity index (χ4v) is 5.40. The van der Waals surface area contributed by atoms with Crippen molar-refractivity contribution in [2.45, 2.75) is 13.2 Å². The zero-order valence-corrected chi connectivity index (χ0v) is 27.0. The molecule has 0 unspecified atom stereocenters. The minimum absolute atomic E-state index is 0.0123. The third-order valence-corrected chi connectivity index (χ3v) is 8.00. The minimum Gasteiger partial charge on any atom is -0.478 e. The number of carbonyl (C=O) groups is 2. The van der Waals surface area contributed by atoms with E-state index in [1.165, 1.54) is 12.3 Å². The molecular formula is C37H35N6O5+. The lowest BCUT2D eigenvalue weighted by atomic mass is 9.89. The highest BCUT2D eigenvalue weighted by molar-refractivity contribution is 6.09. The van der Waals surface area contributed by atoms with Crippen molar-refractivity contribution in [3.05, 3.63) is 119 Å². The van der Waals surface area contributed by atoms with E-state index in [0.717, 1.165) is 38.7 Å². The molecule has 4 aromatic rings. The highest BCUT2D eigenvalue weighted by Crippen LogP contribution is 2.42. The Morgan fingerprint density at radius 2 is 1.69 bits per heavy atom. The summed E-state index contributed by atoms with van der Waals surface area (Å²) in [6, 6.07) is 25.8. The number of nitrogens with one attached hydrogen (secondary N) is 1. The maximum absolute atomic E-state index is 13.2. The monoisotopic (exact) mass is 643 g/mol. The van der Waals surface area contributed by atoms with Crippen LogP contribution >= 0.6 is 0 Å². The first-order valence-electron chi connectivity index (χ1n) is 15.2. The van der Waals surface area contributed by atoms with Crippen molar-refractivity contribution in [1.29, 1.82) is 0 Å². The third kappa shape index (κ3) is 6.66. The highest BCUT2D eigenvalue weighted by Gasteiger charge is 2.23. The van der Waals surface area contributed by atoms with Gasteiger partial charge in [0.2, 0.25) is 5.36 Å². The van der Waals surface area contributed by atoms with E-state index < -0.39 is 5.97 Å². The van der Waals surface area contributed by atoms with Crippen LogP contribution in [-0.2, 0) is 13.2 Å². The number of rotatable bonds is 9. The molecule has 1 aliphatic heterocycles. The van der Waals surface area contributed by atoms with Crippen LogP contribution in [0.3, 0.4) is 0 Å². The van der Waals surface area contributed by atoms with Crippen LogP contribution in [0.2, 0.25) is 0 Å². The van der Waals surface area contributed by atoms with Gasteiger partial charge in [0.05, 0.1) is 11.6 Å². The van der Waals surface area contributed by atoms with Gasteiger partial charge in [-0.05, 0) is 53.1 Å². The van der Waals surface area contributed by atoms with E-state index in [1.54, 1.807) is 18.2 Å². The highest BCUT2D eigenvalue weighted by atomic mass is 16.5. The molecule has 1 aliphatic carbocycles. The summed E-state index contributed by atoms with van der Waals surface area (Å²) in [5.41, 5.74) is 11.2. The summed E-state index contributed by atoms with van der Waals surface area (Å²) in [5, 5.41) is 15.0. The Kier molecular flexibility index (Phi) is 8.76. The summed E-state index contributed by atoms with van der Waals surface area (Å²) < 4.78 is 14.0. The molecule has 2 heterocycles. The van der Waals surface area contributed by atoms with Crippen molar-refractivity contribution < 1.29 is 23.8 Å². The Labute approximate surface area is 276 Å². The maximum atomic E-state index is 13.2. The number of nitrogen functional groups attached to an aromatic ring is 1. The summed E-state index contributed by atoms with van der Waals surface area (Å²) in [7, 11) is 7.79. The molecule has 6 rings (SSSR count). The van der Waals surface area contributed by atoms with E-state index in [1.807, 2.05) is 98.3 Å². The average Bonchev–Trinajstić information content (AvgIpc) is 3.08. The Morgan fingerprint density at radius 1 is 0.938 bits per heavy atom. The van der Waals surface area contributed by atoms with E-state index in [2.05, 4.69) is 15.3 Å². The number of carboxylic acid groups (broad SMARTS) is 1. The molecule has 11 heteroatoms. The molecule has 3 aromatic carbocycles. The largest absolute Gasteiger partial charge is 0.478 e. The lowest BCUT2D eigenvalue weighted by molar-refractivity contribution is 0.0697. The summed E-state index contributed by atoms with van der Waals surface area (Å²) in [5.74, 6) is -0.586. The van der Waals surface area contributed by atoms with Crippen molar-refractivity contribution in [3.63, 3.8) is 0 Å². The number of nitrogens with two attached hydrogens (primary N) is 1. The van der Waals surface area contributed by atoms with Gasteiger partial charge in [0.1, 0.15) is 37.9 Å². The number of carbonyl (C=O) groups excluding carboxylic acids is 1. The Hall–Kier alpha value is -6.23. The van der Waals surface area contributed by atoms with Crippen LogP contribution in [0.1, 0.15) is 31.8 Å². The van der Waals surface area contributed by atoms with Gasteiger partial charge < -0.3 is 30.2 Å². The number of ether oxygens (including phenoxy) is 1. The number of amides is 1. The van der Waals surface area contributed by atoms with Gasteiger partial charge in [-0.3, -0.25) is 4.79 Å². The van der Waals surface area contributed by atoms with Gasteiger partial charge in [-0.2, -0.15) is 4.98 Å². The molecule has 0 spiro atoms. The number of fused-ring (bicyclic) bond motifs is 2. The summed E-state index contributed by atoms with van der Waals surface area (Å²) in [6.07, 6.45) is 1.53. The first-order chi connectivity index (χ1) is 23.1. The van der Waals surface area contributed by atoms with Crippen molar-refractivity contribution in [1.82, 2.24) is 19.9 Å². The summed E-state index contributed by atoms with van der Waals surface area (Å²) in [4.78, 5) is 36.0. The van der Waals surface area contributed by atoms with Crippen LogP contribution in [0.25, 0.3) is 33.4 Å². The van der Waals surface area contributed by atoms with Gasteiger partial charge in [0, 0.05) is 66.7 Å². The number of nitrogens with zero attached hydrogens (tertiary/aromatic N) is 4. The molecule has 0 bridgehead atoms. The van der Waals surface area contributed by atoms with Gasteiger partial charge in [-0.25, -0.2) is 14.4 Å². The van der Waals surface area contributed by atoms with Gasteiger partial charge >= 0.3 is 12.0 Å². The van der Waals surface area contributed by atoms with Crippen LogP contribution in [0.4, 0.5) is 11.5 Å². The van der Waals surface area contributed by atoms with Gasteiger partial charge in [-0.1, -0.05) is 30.3 Å². The number of hydrogen-bond donors (Lipinski definition) is 3. The quantitative estimate of drug-likeness (QED) is 0.148. The third-order valence-electron chi connectivity index (χ3n) is 8.00. The normalized spacial score (nSPS) is 11.0. The number of hydrogen-bond acceptors (Lipinski definition) is 8. The van der Waals surface area contributed by atoms with Crippen LogP contribution < -0.4 is 30.6 Å². The van der Waals surface area contributed by atoms with Gasteiger partial charge in [0.15, 0.2) is 0 Å². The minimum atomic E-state index is -1.14. The maximum Gasteiger partial charge on any atom is 0.336 e. The predicted octanol–water partition coefficient (Wildman–Crippen LogP) is 4.88. The number of benzene rings is 4. The molecule has 0 saturated heterocycles. The Balaban J connectivity index is 1.28. The van der Waals surface area contributed by atoms with Crippen LogP contribution in [-0.4, -0.2) is 55.1 Å². The topological polar surface area (TPSA) is 147 Å². The first-order valence-corrected chi connectivity index (χ1v) is 15.2. The zero-order valence-electron chi connectivity index (χ0n) is 27.0. The number of carboxylic acids is 1. The van der Waals surface area contributed by atoms with Crippen LogP contribution in [0, 0.1) is 0 Å². The standard InChI is InChI=1S/C37H34N6O5/c1-42(2)25-10-13-28-31(18-25)48-32-19-26(43(3)4)11-14-29(32)34(28)27-12-9-24(17-30(27)36(45)46)35(44)40-20-22-5-7-23(8-6-22)21-47-37-39-16-15-33(38)41-37/h5-19H,20-21H2,1-4H3,(H3-,38,39,40,41,44,45,46)/p+1. The zero-order chi connectivity index (χ0) is 33.9. The molecule has 0 atom stereocenters. The second kappa shape index (κ2) is 13.2. The number of anilines is 2. The summed E-state index contributed by atoms with van der Waals surface area (Å²) >= 11 is 0. The van der Waals surface area contributed by atoms with Crippen molar-refractivity contribution in [2.24, 2.45) is 0 Å². The molecule has 0 radical (unpaired) electrons. The lowest BCUT2D eigenvalue weighted by Gasteiger charge is -2.19. The fraction of sp³-hybridized carbons (Fsp3) is 0.162. The smallest absolute Gasteiger partial charge is 0.336 e. The Morgan fingerprint density at radius 3 is 2.40 bits per heavy atom. The molecular weight excluding hydrogens is 608 g/mol. The molecule has 242 valence electrons. The molecule has 4 N–H and O–H groups in total. The molecule has 1 aromatic heterocycles. The Bertz CT molecular complexity index is 2200. The number of aromatic nitrogens is 2. The fourth-order valence-electron chi connectivity index (χ4n) is 5.40. The van der Waals surface area contributed by atoms with Gasteiger partial charge in [0.25, 0.3) is 5.91 Å². The van der Waals surface area contributed by atoms with E-state index >= 15 is 0 Å². The van der Waals surface area contributed by atoms with Crippen LogP contribution in [0.5, 0.6) is 6.01 Å². The molecule has 0 saturated carbocycles. The number of aromatic carboxylic acids is 1. The van der Waals surface area contributed by atoms with Crippen molar-refractivity contribution in [2.75, 3.05) is 38.8 Å². The summed E-state index contributed by atoms with van der Waals surface area (Å²) in [6.45, 7) is 0.508. The first kappa shape index (κ1) is 31.7. The molecule has 0 fully saturated rings. The SMILES string of the molecule is CN(C)c1ccc2c(-c3ccc(C(=O)NCc4ccc(COc5nccc(N)n5)cc4)cc3C(=O)O)c3ccc(=[N+](C)C)cc-3oc2c1. The van der Waals surface area contributed by atoms with E-state index in [4.69, 9.17) is 14.9 Å². The molecule has 11 nitrogen and oxygen atoms in total. The average molecular weight is 644 g/mol. The second-order valence-electron chi connectivity index (χ2n) is 11.7. The van der Waals surface area contributed by atoms with Gasteiger partial charge in [-0.15, -0.1) is 0 Å². The molecule has 1 amide bonds. The van der Waals surface area contributed by atoms with Crippen LogP contribution in [0.15, 0.2) is 95.5 Å². The van der Waals surface area contributed by atoms with E-state index in [0.29, 0.717) is 22.7 Å². The van der Waals surface area contributed by atoms with Crippen molar-refractivity contribution >= 4 is 34.4 Å². The molecule has 48 heavy (non-hydrogen) atoms. The molecule has 2 aliphatic rings. The lowest BCUT2D eigenvalue weighted by Crippen LogP contribution is -2.23. The predicted molar refractivity (Wildman–Crippen MR) is 185 cm³/mol. The van der Waals surface area contributed by atoms with Crippen molar-refractivity contribution in [3.8, 4) is 28.5 Å². The second-order valence-corrected chi connectivity index (χ2v) is 11.7. The van der Waals surface area contributed by atoms with E-state index in [-0.39, 0.29) is 36.2 Å².